The number of carbonyl (C=O) groups is 2. The molecule has 1 aromatic carbocycles. The van der Waals surface area contributed by atoms with E-state index in [9.17, 15) is 23.1 Å². The maximum atomic E-state index is 12.5. The molecule has 25 heavy (non-hydrogen) atoms. The van der Waals surface area contributed by atoms with Crippen LogP contribution in [0.2, 0.25) is 0 Å². The van der Waals surface area contributed by atoms with Gasteiger partial charge < -0.3 is 14.7 Å². The van der Waals surface area contributed by atoms with E-state index in [1.165, 1.54) is 29.2 Å². The summed E-state index contributed by atoms with van der Waals surface area (Å²) in [5.41, 5.74) is 0.145. The number of amides is 1. The molecule has 0 unspecified atom stereocenters. The van der Waals surface area contributed by atoms with E-state index in [-0.39, 0.29) is 34.9 Å². The van der Waals surface area contributed by atoms with Gasteiger partial charge >= 0.3 is 5.97 Å². The van der Waals surface area contributed by atoms with Gasteiger partial charge in [-0.1, -0.05) is 13.0 Å². The van der Waals surface area contributed by atoms with Crippen LogP contribution in [0.3, 0.4) is 0 Å². The van der Waals surface area contributed by atoms with Crippen LogP contribution in [0.5, 0.6) is 5.75 Å². The third kappa shape index (κ3) is 4.94. The minimum absolute atomic E-state index is 0.0520. The number of phenolic OH excluding ortho intramolecular Hbond substituents is 1. The van der Waals surface area contributed by atoms with E-state index >= 15 is 0 Å². The summed E-state index contributed by atoms with van der Waals surface area (Å²) < 4.78 is 28.5. The molecule has 1 heterocycles. The van der Waals surface area contributed by atoms with Crippen molar-refractivity contribution in [2.75, 3.05) is 18.1 Å². The molecule has 1 amide bonds. The Morgan fingerprint density at radius 2 is 2.12 bits per heavy atom. The molecule has 0 bridgehead atoms. The number of rotatable bonds is 6. The number of nitrogens with zero attached hydrogens (tertiary/aromatic N) is 1. The lowest BCUT2D eigenvalue weighted by Crippen LogP contribution is -2.48. The molecular weight excluding hydrogens is 346 g/mol. The number of phenols is 1. The van der Waals surface area contributed by atoms with E-state index in [2.05, 4.69) is 0 Å². The normalized spacial score (nSPS) is 20.0. The van der Waals surface area contributed by atoms with Gasteiger partial charge in [0.05, 0.1) is 17.1 Å². The zero-order valence-corrected chi connectivity index (χ0v) is 15.2. The second-order valence-electron chi connectivity index (χ2n) is 6.24. The van der Waals surface area contributed by atoms with Crippen LogP contribution in [-0.2, 0) is 19.4 Å². The summed E-state index contributed by atoms with van der Waals surface area (Å²) in [6, 6.07) is 5.12. The largest absolute Gasteiger partial charge is 0.508 e. The molecule has 2 rings (SSSR count). The molecule has 7 nitrogen and oxygen atoms in total. The third-order valence-electron chi connectivity index (χ3n) is 4.36. The second kappa shape index (κ2) is 7.86. The molecule has 1 N–H and O–H groups in total. The third-order valence-corrected chi connectivity index (χ3v) is 6.11. The van der Waals surface area contributed by atoms with Crippen molar-refractivity contribution >= 4 is 21.7 Å². The summed E-state index contributed by atoms with van der Waals surface area (Å²) in [5, 5.41) is 9.39. The fourth-order valence-electron chi connectivity index (χ4n) is 2.92. The minimum Gasteiger partial charge on any atom is -0.508 e. The van der Waals surface area contributed by atoms with Gasteiger partial charge in [0.1, 0.15) is 5.75 Å². The number of benzene rings is 1. The molecule has 138 valence electrons. The number of carbonyl (C=O) groups excluding carboxylic acids is 2. The van der Waals surface area contributed by atoms with Gasteiger partial charge in [-0.2, -0.15) is 0 Å². The first-order valence-electron chi connectivity index (χ1n) is 8.21. The van der Waals surface area contributed by atoms with E-state index in [4.69, 9.17) is 4.74 Å². The molecule has 0 saturated carbocycles. The lowest BCUT2D eigenvalue weighted by molar-refractivity contribution is -0.138. The molecule has 2 atom stereocenters. The predicted molar refractivity (Wildman–Crippen MR) is 92.0 cm³/mol. The Balaban J connectivity index is 2.03. The van der Waals surface area contributed by atoms with E-state index < -0.39 is 28.3 Å². The van der Waals surface area contributed by atoms with Gasteiger partial charge in [-0.3, -0.25) is 4.79 Å². The van der Waals surface area contributed by atoms with Gasteiger partial charge in [-0.15, -0.1) is 0 Å². The zero-order chi connectivity index (χ0) is 18.6. The Morgan fingerprint density at radius 1 is 1.40 bits per heavy atom. The minimum atomic E-state index is -3.12. The van der Waals surface area contributed by atoms with Gasteiger partial charge in [-0.25, -0.2) is 13.2 Å². The maximum absolute atomic E-state index is 12.5. The van der Waals surface area contributed by atoms with Crippen LogP contribution in [0.1, 0.15) is 37.0 Å². The predicted octanol–water partition coefficient (Wildman–Crippen LogP) is 1.36. The molecule has 0 aliphatic carbocycles. The molecule has 1 fully saturated rings. The first kappa shape index (κ1) is 19.2. The van der Waals surface area contributed by atoms with Crippen molar-refractivity contribution in [2.24, 2.45) is 0 Å². The molecule has 0 radical (unpaired) electrons. The van der Waals surface area contributed by atoms with E-state index in [0.717, 1.165) is 0 Å². The highest BCUT2D eigenvalue weighted by Crippen LogP contribution is 2.21. The van der Waals surface area contributed by atoms with Gasteiger partial charge in [0.2, 0.25) is 0 Å². The lowest BCUT2D eigenvalue weighted by atomic mass is 10.1. The van der Waals surface area contributed by atoms with E-state index in [1.807, 2.05) is 13.8 Å². The average Bonchev–Trinajstić information content (AvgIpc) is 2.92. The Labute approximate surface area is 147 Å². The number of sulfone groups is 1. The maximum Gasteiger partial charge on any atom is 0.338 e. The topological polar surface area (TPSA) is 101 Å². The highest BCUT2D eigenvalue weighted by Gasteiger charge is 2.36. The van der Waals surface area contributed by atoms with Gasteiger partial charge in [0.15, 0.2) is 16.4 Å². The Kier molecular flexibility index (Phi) is 6.05. The summed E-state index contributed by atoms with van der Waals surface area (Å²) in [5.74, 6) is -1.18. The van der Waals surface area contributed by atoms with Gasteiger partial charge in [-0.05, 0) is 38.0 Å². The second-order valence-corrected chi connectivity index (χ2v) is 8.47. The van der Waals surface area contributed by atoms with Crippen LogP contribution in [0.4, 0.5) is 0 Å². The van der Waals surface area contributed by atoms with Crippen LogP contribution < -0.4 is 0 Å². The molecule has 8 heteroatoms. The van der Waals surface area contributed by atoms with Crippen LogP contribution in [-0.4, -0.2) is 60.5 Å². The zero-order valence-electron chi connectivity index (χ0n) is 14.3. The van der Waals surface area contributed by atoms with Crippen molar-refractivity contribution in [3.05, 3.63) is 29.8 Å². The SMILES string of the molecule is CC[C@@H](C)N(C(=O)COC(=O)c1cccc(O)c1)[C@@H]1CCS(=O)(=O)C1. The first-order valence-corrected chi connectivity index (χ1v) is 10.0. The fourth-order valence-corrected chi connectivity index (χ4v) is 4.63. The van der Waals surface area contributed by atoms with Crippen molar-refractivity contribution in [2.45, 2.75) is 38.8 Å². The Morgan fingerprint density at radius 3 is 2.68 bits per heavy atom. The number of aromatic hydroxyl groups is 1. The van der Waals surface area contributed by atoms with Crippen molar-refractivity contribution < 1.29 is 27.9 Å². The highest BCUT2D eigenvalue weighted by atomic mass is 32.2. The standard InChI is InChI=1S/C17H23NO6S/c1-3-12(2)18(14-7-8-25(22,23)11-14)16(20)10-24-17(21)13-5-4-6-15(19)9-13/h4-6,9,12,14,19H,3,7-8,10-11H2,1-2H3/t12-,14-/m1/s1. The molecule has 1 aliphatic heterocycles. The van der Waals surface area contributed by atoms with Crippen molar-refractivity contribution in [1.82, 2.24) is 4.90 Å². The van der Waals surface area contributed by atoms with Crippen LogP contribution in [0.25, 0.3) is 0 Å². The summed E-state index contributed by atoms with van der Waals surface area (Å²) in [7, 11) is -3.12. The lowest BCUT2D eigenvalue weighted by Gasteiger charge is -2.33. The van der Waals surface area contributed by atoms with Crippen molar-refractivity contribution in [3.63, 3.8) is 0 Å². The summed E-state index contributed by atoms with van der Waals surface area (Å²) >= 11 is 0. The molecule has 1 aliphatic rings. The van der Waals surface area contributed by atoms with E-state index in [0.29, 0.717) is 12.8 Å². The van der Waals surface area contributed by atoms with Crippen molar-refractivity contribution in [3.8, 4) is 5.75 Å². The van der Waals surface area contributed by atoms with Crippen molar-refractivity contribution in [1.29, 1.82) is 0 Å². The summed E-state index contributed by atoms with van der Waals surface area (Å²) in [4.78, 5) is 26.1. The van der Waals surface area contributed by atoms with Crippen LogP contribution >= 0.6 is 0 Å². The summed E-state index contributed by atoms with van der Waals surface area (Å²) in [6.45, 7) is 3.29. The quantitative estimate of drug-likeness (QED) is 0.760. The average molecular weight is 369 g/mol. The fraction of sp³-hybridized carbons (Fsp3) is 0.529. The van der Waals surface area contributed by atoms with E-state index in [1.54, 1.807) is 0 Å². The van der Waals surface area contributed by atoms with Gasteiger partial charge in [0, 0.05) is 12.1 Å². The Hall–Kier alpha value is -2.09. The monoisotopic (exact) mass is 369 g/mol. The summed E-state index contributed by atoms with van der Waals surface area (Å²) in [6.07, 6.45) is 1.07. The number of ether oxygens (including phenoxy) is 1. The molecule has 1 saturated heterocycles. The number of hydrogen-bond donors (Lipinski definition) is 1. The smallest absolute Gasteiger partial charge is 0.338 e. The Bertz CT molecular complexity index is 745. The first-order chi connectivity index (χ1) is 11.7. The number of hydrogen-bond acceptors (Lipinski definition) is 6. The number of esters is 1. The molecule has 1 aromatic rings. The van der Waals surface area contributed by atoms with Gasteiger partial charge in [0.25, 0.3) is 5.91 Å². The molecule has 0 spiro atoms. The molecule has 0 aromatic heterocycles. The van der Waals surface area contributed by atoms with Crippen LogP contribution in [0.15, 0.2) is 24.3 Å². The van der Waals surface area contributed by atoms with Crippen LogP contribution in [0, 0.1) is 0 Å². The molecular formula is C17H23NO6S. The highest BCUT2D eigenvalue weighted by molar-refractivity contribution is 7.91.